The first-order valence-electron chi connectivity index (χ1n) is 5.93. The van der Waals surface area contributed by atoms with Crippen molar-refractivity contribution in [1.82, 2.24) is 4.31 Å². The Hall–Kier alpha value is -0.430. The third kappa shape index (κ3) is 2.77. The molecule has 0 spiro atoms. The summed E-state index contributed by atoms with van der Waals surface area (Å²) in [5.41, 5.74) is 6.60. The van der Waals surface area contributed by atoms with E-state index < -0.39 is 10.0 Å². The topological polar surface area (TPSA) is 63.4 Å². The Labute approximate surface area is 116 Å². The molecule has 0 aromatic heterocycles. The van der Waals surface area contributed by atoms with Crippen LogP contribution in [0.15, 0.2) is 27.6 Å². The molecule has 100 valence electrons. The van der Waals surface area contributed by atoms with E-state index in [9.17, 15) is 8.42 Å². The van der Waals surface area contributed by atoms with Crippen LogP contribution in [0, 0.1) is 6.92 Å². The van der Waals surface area contributed by atoms with Crippen LogP contribution in [0.3, 0.4) is 0 Å². The van der Waals surface area contributed by atoms with Gasteiger partial charge in [-0.05, 0) is 43.5 Å². The third-order valence-corrected chi connectivity index (χ3v) is 5.69. The maximum absolute atomic E-state index is 12.5. The first-order chi connectivity index (χ1) is 8.41. The summed E-state index contributed by atoms with van der Waals surface area (Å²) in [5, 5.41) is 0. The van der Waals surface area contributed by atoms with E-state index in [-0.39, 0.29) is 6.04 Å². The predicted octanol–water partition coefficient (Wildman–Crippen LogP) is 1.87. The molecule has 0 radical (unpaired) electrons. The van der Waals surface area contributed by atoms with Gasteiger partial charge in [0.1, 0.15) is 0 Å². The van der Waals surface area contributed by atoms with E-state index in [0.717, 1.165) is 22.9 Å². The Morgan fingerprint density at radius 3 is 2.78 bits per heavy atom. The quantitative estimate of drug-likeness (QED) is 0.899. The number of benzene rings is 1. The van der Waals surface area contributed by atoms with E-state index in [1.165, 1.54) is 4.31 Å². The lowest BCUT2D eigenvalue weighted by Gasteiger charge is -2.30. The second kappa shape index (κ2) is 5.28. The molecule has 1 heterocycles. The molecule has 1 atom stereocenters. The summed E-state index contributed by atoms with van der Waals surface area (Å²) in [6.07, 6.45) is 1.72. The van der Waals surface area contributed by atoms with Gasteiger partial charge >= 0.3 is 0 Å². The van der Waals surface area contributed by atoms with Crippen LogP contribution in [-0.2, 0) is 10.0 Å². The summed E-state index contributed by atoms with van der Waals surface area (Å²) in [5.74, 6) is 0. The molecule has 0 saturated carbocycles. The Morgan fingerprint density at radius 2 is 2.17 bits per heavy atom. The van der Waals surface area contributed by atoms with E-state index in [1.807, 2.05) is 13.0 Å². The second-order valence-electron chi connectivity index (χ2n) is 4.68. The zero-order chi connectivity index (χ0) is 13.3. The fourth-order valence-electron chi connectivity index (χ4n) is 2.23. The van der Waals surface area contributed by atoms with E-state index in [4.69, 9.17) is 5.73 Å². The number of halogens is 1. The number of nitrogens with two attached hydrogens (primary N) is 1. The van der Waals surface area contributed by atoms with Crippen molar-refractivity contribution in [2.75, 3.05) is 13.1 Å². The van der Waals surface area contributed by atoms with E-state index in [2.05, 4.69) is 15.9 Å². The van der Waals surface area contributed by atoms with Crippen molar-refractivity contribution in [3.8, 4) is 0 Å². The Morgan fingerprint density at radius 1 is 1.44 bits per heavy atom. The lowest BCUT2D eigenvalue weighted by molar-refractivity contribution is 0.316. The van der Waals surface area contributed by atoms with Crippen LogP contribution in [-0.4, -0.2) is 31.9 Å². The van der Waals surface area contributed by atoms with Crippen LogP contribution in [0.1, 0.15) is 18.4 Å². The Balaban J connectivity index is 2.35. The van der Waals surface area contributed by atoms with Gasteiger partial charge < -0.3 is 5.73 Å². The number of hydrogen-bond donors (Lipinski definition) is 1. The minimum atomic E-state index is -3.41. The molecular weight excluding hydrogens is 316 g/mol. The number of nitrogens with zero attached hydrogens (tertiary/aromatic N) is 1. The fourth-order valence-corrected chi connectivity index (χ4v) is 4.45. The third-order valence-electron chi connectivity index (χ3n) is 3.18. The molecule has 0 amide bonds. The zero-order valence-corrected chi connectivity index (χ0v) is 12.7. The smallest absolute Gasteiger partial charge is 0.243 e. The maximum Gasteiger partial charge on any atom is 0.243 e. The first kappa shape index (κ1) is 14.0. The summed E-state index contributed by atoms with van der Waals surface area (Å²) in [6, 6.07) is 5.17. The van der Waals surface area contributed by atoms with Gasteiger partial charge in [-0.3, -0.25) is 0 Å². The fraction of sp³-hybridized carbons (Fsp3) is 0.500. The van der Waals surface area contributed by atoms with Gasteiger partial charge in [0.25, 0.3) is 0 Å². The predicted molar refractivity (Wildman–Crippen MR) is 74.8 cm³/mol. The number of aryl methyl sites for hydroxylation is 1. The van der Waals surface area contributed by atoms with Crippen molar-refractivity contribution in [3.05, 3.63) is 28.2 Å². The van der Waals surface area contributed by atoms with E-state index in [1.54, 1.807) is 12.1 Å². The van der Waals surface area contributed by atoms with Crippen LogP contribution in [0.25, 0.3) is 0 Å². The van der Waals surface area contributed by atoms with Gasteiger partial charge in [-0.25, -0.2) is 8.42 Å². The van der Waals surface area contributed by atoms with Crippen molar-refractivity contribution in [2.45, 2.75) is 30.7 Å². The average molecular weight is 333 g/mol. The molecule has 4 nitrogen and oxygen atoms in total. The number of piperidine rings is 1. The molecule has 1 aliphatic rings. The Bertz CT molecular complexity index is 545. The van der Waals surface area contributed by atoms with Crippen LogP contribution in [0.5, 0.6) is 0 Å². The van der Waals surface area contributed by atoms with Gasteiger partial charge in [0, 0.05) is 23.6 Å². The minimum Gasteiger partial charge on any atom is -0.327 e. The number of sulfonamides is 1. The van der Waals surface area contributed by atoms with Crippen LogP contribution < -0.4 is 5.73 Å². The Kier molecular flexibility index (Phi) is 4.11. The van der Waals surface area contributed by atoms with Gasteiger partial charge in [0.2, 0.25) is 10.0 Å². The first-order valence-corrected chi connectivity index (χ1v) is 8.16. The monoisotopic (exact) mass is 332 g/mol. The van der Waals surface area contributed by atoms with Gasteiger partial charge in [-0.1, -0.05) is 15.9 Å². The average Bonchev–Trinajstić information content (AvgIpc) is 2.28. The van der Waals surface area contributed by atoms with E-state index in [0.29, 0.717) is 18.0 Å². The summed E-state index contributed by atoms with van der Waals surface area (Å²) in [7, 11) is -3.41. The highest BCUT2D eigenvalue weighted by Gasteiger charge is 2.29. The summed E-state index contributed by atoms with van der Waals surface area (Å²) in [4.78, 5) is 0.375. The molecule has 1 saturated heterocycles. The molecule has 0 aliphatic carbocycles. The van der Waals surface area contributed by atoms with Crippen LogP contribution in [0.2, 0.25) is 0 Å². The highest BCUT2D eigenvalue weighted by molar-refractivity contribution is 9.10. The van der Waals surface area contributed by atoms with Crippen LogP contribution in [0.4, 0.5) is 0 Å². The molecule has 0 bridgehead atoms. The largest absolute Gasteiger partial charge is 0.327 e. The van der Waals surface area contributed by atoms with Crippen molar-refractivity contribution >= 4 is 26.0 Å². The summed E-state index contributed by atoms with van der Waals surface area (Å²) < 4.78 is 27.4. The SMILES string of the molecule is Cc1cc(Br)ccc1S(=O)(=O)N1CCCC(N)C1. The normalized spacial score (nSPS) is 22.1. The highest BCUT2D eigenvalue weighted by Crippen LogP contribution is 2.25. The molecule has 1 unspecified atom stereocenters. The van der Waals surface area contributed by atoms with Gasteiger partial charge in [-0.15, -0.1) is 0 Å². The minimum absolute atomic E-state index is 0.0516. The maximum atomic E-state index is 12.5. The van der Waals surface area contributed by atoms with Gasteiger partial charge in [0.15, 0.2) is 0 Å². The molecule has 1 fully saturated rings. The molecule has 1 aromatic rings. The van der Waals surface area contributed by atoms with Crippen LogP contribution >= 0.6 is 15.9 Å². The lowest BCUT2D eigenvalue weighted by atomic mass is 10.1. The molecular formula is C12H17BrN2O2S. The van der Waals surface area contributed by atoms with Crippen molar-refractivity contribution < 1.29 is 8.42 Å². The zero-order valence-electron chi connectivity index (χ0n) is 10.3. The standard InChI is InChI=1S/C12H17BrN2O2S/c1-9-7-10(13)4-5-12(9)18(16,17)15-6-2-3-11(14)8-15/h4-5,7,11H,2-3,6,8,14H2,1H3. The number of rotatable bonds is 2. The summed E-state index contributed by atoms with van der Waals surface area (Å²) >= 11 is 3.34. The van der Waals surface area contributed by atoms with Crippen molar-refractivity contribution in [2.24, 2.45) is 5.73 Å². The summed E-state index contributed by atoms with van der Waals surface area (Å²) in [6.45, 7) is 2.78. The highest BCUT2D eigenvalue weighted by atomic mass is 79.9. The molecule has 2 N–H and O–H groups in total. The van der Waals surface area contributed by atoms with Gasteiger partial charge in [0.05, 0.1) is 4.90 Å². The van der Waals surface area contributed by atoms with Crippen molar-refractivity contribution in [3.63, 3.8) is 0 Å². The molecule has 1 aliphatic heterocycles. The lowest BCUT2D eigenvalue weighted by Crippen LogP contribution is -2.45. The molecule has 6 heteroatoms. The second-order valence-corrected chi connectivity index (χ2v) is 7.50. The molecule has 2 rings (SSSR count). The van der Waals surface area contributed by atoms with E-state index >= 15 is 0 Å². The van der Waals surface area contributed by atoms with Crippen molar-refractivity contribution in [1.29, 1.82) is 0 Å². The number of hydrogen-bond acceptors (Lipinski definition) is 3. The molecule has 18 heavy (non-hydrogen) atoms. The molecule has 1 aromatic carbocycles. The van der Waals surface area contributed by atoms with Gasteiger partial charge in [-0.2, -0.15) is 4.31 Å².